The van der Waals surface area contributed by atoms with Crippen LogP contribution in [0, 0.1) is 0 Å². The molecule has 19 heavy (non-hydrogen) atoms. The van der Waals surface area contributed by atoms with Crippen molar-refractivity contribution in [1.82, 2.24) is 14.3 Å². The van der Waals surface area contributed by atoms with Crippen molar-refractivity contribution in [2.45, 2.75) is 19.5 Å². The summed E-state index contributed by atoms with van der Waals surface area (Å²) in [7, 11) is 1.98. The zero-order valence-corrected chi connectivity index (χ0v) is 11.1. The highest BCUT2D eigenvalue weighted by atomic mass is 15.3. The number of aryl methyl sites for hydroxylation is 3. The molecule has 0 bridgehead atoms. The van der Waals surface area contributed by atoms with Crippen LogP contribution in [-0.4, -0.2) is 14.3 Å². The van der Waals surface area contributed by atoms with E-state index in [1.165, 1.54) is 22.2 Å². The lowest BCUT2D eigenvalue weighted by Gasteiger charge is -2.07. The molecule has 0 aliphatic carbocycles. The number of fused-ring (bicyclic) bond motifs is 1. The van der Waals surface area contributed by atoms with E-state index in [0.29, 0.717) is 6.54 Å². The van der Waals surface area contributed by atoms with Gasteiger partial charge in [-0.2, -0.15) is 5.10 Å². The summed E-state index contributed by atoms with van der Waals surface area (Å²) in [5.74, 6) is 0. The molecule has 0 saturated carbocycles. The van der Waals surface area contributed by atoms with Crippen molar-refractivity contribution in [2.24, 2.45) is 12.8 Å². The molecule has 3 aromatic rings. The van der Waals surface area contributed by atoms with Crippen LogP contribution >= 0.6 is 0 Å². The lowest BCUT2D eigenvalue weighted by atomic mass is 10.1. The maximum Gasteiger partial charge on any atom is 0.0492 e. The molecule has 0 fully saturated rings. The van der Waals surface area contributed by atoms with E-state index in [1.807, 2.05) is 17.9 Å². The smallest absolute Gasteiger partial charge is 0.0492 e. The predicted octanol–water partition coefficient (Wildman–Crippen LogP) is 2.08. The molecule has 0 spiro atoms. The minimum absolute atomic E-state index is 0.586. The summed E-state index contributed by atoms with van der Waals surface area (Å²) >= 11 is 0. The van der Waals surface area contributed by atoms with Crippen molar-refractivity contribution >= 4 is 10.9 Å². The van der Waals surface area contributed by atoms with E-state index in [1.54, 1.807) is 0 Å². The molecule has 3 rings (SSSR count). The first-order valence-corrected chi connectivity index (χ1v) is 6.52. The zero-order chi connectivity index (χ0) is 13.2. The van der Waals surface area contributed by atoms with Crippen molar-refractivity contribution < 1.29 is 0 Å². The number of hydrogen-bond acceptors (Lipinski definition) is 2. The van der Waals surface area contributed by atoms with Gasteiger partial charge in [0, 0.05) is 50.2 Å². The molecule has 4 heteroatoms. The number of aromatic nitrogens is 3. The molecule has 0 aliphatic rings. The highest BCUT2D eigenvalue weighted by Crippen LogP contribution is 2.18. The standard InChI is InChI=1S/C15H18N4/c1-18-14(4-7-17-18)6-9-19-8-5-13-3-2-12(11-16)10-15(13)19/h2-5,7-8,10H,6,9,11,16H2,1H3. The van der Waals surface area contributed by atoms with Crippen molar-refractivity contribution in [3.8, 4) is 0 Å². The van der Waals surface area contributed by atoms with Crippen molar-refractivity contribution in [1.29, 1.82) is 0 Å². The van der Waals surface area contributed by atoms with Crippen molar-refractivity contribution in [3.63, 3.8) is 0 Å². The van der Waals surface area contributed by atoms with Crippen LogP contribution in [-0.2, 0) is 26.6 Å². The maximum atomic E-state index is 5.71. The number of benzene rings is 1. The van der Waals surface area contributed by atoms with E-state index >= 15 is 0 Å². The molecule has 1 aromatic carbocycles. The van der Waals surface area contributed by atoms with E-state index in [0.717, 1.165) is 13.0 Å². The van der Waals surface area contributed by atoms with Gasteiger partial charge in [0.1, 0.15) is 0 Å². The Labute approximate surface area is 112 Å². The van der Waals surface area contributed by atoms with Crippen LogP contribution in [0.1, 0.15) is 11.3 Å². The molecule has 0 saturated heterocycles. The monoisotopic (exact) mass is 254 g/mol. The number of hydrogen-bond donors (Lipinski definition) is 1. The molecule has 2 heterocycles. The molecule has 0 unspecified atom stereocenters. The van der Waals surface area contributed by atoms with Crippen molar-refractivity contribution in [3.05, 3.63) is 54.0 Å². The molecule has 0 radical (unpaired) electrons. The van der Waals surface area contributed by atoms with E-state index in [2.05, 4.69) is 46.2 Å². The Morgan fingerprint density at radius 1 is 1.21 bits per heavy atom. The van der Waals surface area contributed by atoms with Gasteiger partial charge in [-0.1, -0.05) is 12.1 Å². The quantitative estimate of drug-likeness (QED) is 0.775. The Bertz CT molecular complexity index is 693. The van der Waals surface area contributed by atoms with Gasteiger partial charge in [-0.05, 0) is 29.1 Å². The molecule has 2 N–H and O–H groups in total. The Balaban J connectivity index is 1.86. The third-order valence-corrected chi connectivity index (χ3v) is 3.61. The van der Waals surface area contributed by atoms with Gasteiger partial charge in [-0.25, -0.2) is 0 Å². The summed E-state index contributed by atoms with van der Waals surface area (Å²) in [4.78, 5) is 0. The second kappa shape index (κ2) is 4.90. The second-order valence-corrected chi connectivity index (χ2v) is 4.80. The summed E-state index contributed by atoms with van der Waals surface area (Å²) in [6.45, 7) is 1.54. The number of nitrogens with two attached hydrogens (primary N) is 1. The fourth-order valence-corrected chi connectivity index (χ4v) is 2.43. The van der Waals surface area contributed by atoms with Gasteiger partial charge in [-0.15, -0.1) is 0 Å². The minimum atomic E-state index is 0.586. The van der Waals surface area contributed by atoms with Gasteiger partial charge in [0.2, 0.25) is 0 Å². The highest BCUT2D eigenvalue weighted by molar-refractivity contribution is 5.80. The SMILES string of the molecule is Cn1nccc1CCn1ccc2ccc(CN)cc21. The molecular weight excluding hydrogens is 236 g/mol. The van der Waals surface area contributed by atoms with Crippen molar-refractivity contribution in [2.75, 3.05) is 0 Å². The fraction of sp³-hybridized carbons (Fsp3) is 0.267. The summed E-state index contributed by atoms with van der Waals surface area (Å²) in [6.07, 6.45) is 4.96. The van der Waals surface area contributed by atoms with Gasteiger partial charge >= 0.3 is 0 Å². The second-order valence-electron chi connectivity index (χ2n) is 4.80. The topological polar surface area (TPSA) is 48.8 Å². The summed E-state index contributed by atoms with van der Waals surface area (Å²) < 4.78 is 4.21. The van der Waals surface area contributed by atoms with Crippen LogP contribution < -0.4 is 5.73 Å². The van der Waals surface area contributed by atoms with E-state index < -0.39 is 0 Å². The third kappa shape index (κ3) is 2.27. The Kier molecular flexibility index (Phi) is 3.09. The summed E-state index contributed by atoms with van der Waals surface area (Å²) in [5.41, 5.74) is 9.39. The first-order valence-electron chi connectivity index (χ1n) is 6.52. The first-order chi connectivity index (χ1) is 9.28. The van der Waals surface area contributed by atoms with Gasteiger partial charge < -0.3 is 10.3 Å². The van der Waals surface area contributed by atoms with Gasteiger partial charge in [-0.3, -0.25) is 4.68 Å². The number of nitrogens with zero attached hydrogens (tertiary/aromatic N) is 3. The van der Waals surface area contributed by atoms with Crippen LogP contribution in [0.15, 0.2) is 42.7 Å². The number of rotatable bonds is 4. The van der Waals surface area contributed by atoms with Crippen LogP contribution in [0.2, 0.25) is 0 Å². The maximum absolute atomic E-state index is 5.71. The lowest BCUT2D eigenvalue weighted by Crippen LogP contribution is -2.05. The highest BCUT2D eigenvalue weighted by Gasteiger charge is 2.04. The Hall–Kier alpha value is -2.07. The molecule has 2 aromatic heterocycles. The predicted molar refractivity (Wildman–Crippen MR) is 76.7 cm³/mol. The third-order valence-electron chi connectivity index (χ3n) is 3.61. The van der Waals surface area contributed by atoms with Crippen LogP contribution in [0.5, 0.6) is 0 Å². The van der Waals surface area contributed by atoms with Gasteiger partial charge in [0.15, 0.2) is 0 Å². The average molecular weight is 254 g/mol. The molecule has 4 nitrogen and oxygen atoms in total. The Morgan fingerprint density at radius 3 is 2.84 bits per heavy atom. The first kappa shape index (κ1) is 12.0. The van der Waals surface area contributed by atoms with Crippen LogP contribution in [0.3, 0.4) is 0 Å². The van der Waals surface area contributed by atoms with Gasteiger partial charge in [0.05, 0.1) is 0 Å². The molecule has 0 amide bonds. The van der Waals surface area contributed by atoms with E-state index in [-0.39, 0.29) is 0 Å². The summed E-state index contributed by atoms with van der Waals surface area (Å²) in [5, 5.41) is 5.46. The fourth-order valence-electron chi connectivity index (χ4n) is 2.43. The van der Waals surface area contributed by atoms with E-state index in [9.17, 15) is 0 Å². The molecule has 98 valence electrons. The van der Waals surface area contributed by atoms with Crippen LogP contribution in [0.25, 0.3) is 10.9 Å². The molecule has 0 atom stereocenters. The lowest BCUT2D eigenvalue weighted by molar-refractivity contribution is 0.649. The Morgan fingerprint density at radius 2 is 2.11 bits per heavy atom. The minimum Gasteiger partial charge on any atom is -0.347 e. The largest absolute Gasteiger partial charge is 0.347 e. The average Bonchev–Trinajstić information content (AvgIpc) is 3.02. The summed E-state index contributed by atoms with van der Waals surface area (Å²) in [6, 6.07) is 10.6. The molecule has 0 aliphatic heterocycles. The van der Waals surface area contributed by atoms with Crippen LogP contribution in [0.4, 0.5) is 0 Å². The normalized spacial score (nSPS) is 11.3. The molecular formula is C15H18N4. The van der Waals surface area contributed by atoms with E-state index in [4.69, 9.17) is 5.73 Å². The van der Waals surface area contributed by atoms with Gasteiger partial charge in [0.25, 0.3) is 0 Å². The zero-order valence-electron chi connectivity index (χ0n) is 11.1.